The minimum atomic E-state index is -0.593. The maximum atomic E-state index is 5.65. The van der Waals surface area contributed by atoms with Gasteiger partial charge in [-0.1, -0.05) is 170 Å². The molecule has 3 heteroatoms. The van der Waals surface area contributed by atoms with E-state index in [1.54, 1.807) is 0 Å². The number of nitrogens with zero attached hydrogens (tertiary/aromatic N) is 3. The Morgan fingerprint density at radius 1 is 0.382 bits per heavy atom. The molecule has 1 aliphatic carbocycles. The van der Waals surface area contributed by atoms with Crippen LogP contribution in [0.4, 0.5) is 0 Å². The molecule has 1 aliphatic rings. The minimum absolute atomic E-state index is 0.593. The lowest BCUT2D eigenvalue weighted by Gasteiger charge is -2.34. The molecule has 0 amide bonds. The third kappa shape index (κ3) is 4.66. The lowest BCUT2D eigenvalue weighted by atomic mass is 9.69. The van der Waals surface area contributed by atoms with Crippen molar-refractivity contribution < 1.29 is 0 Å². The van der Waals surface area contributed by atoms with Crippen molar-refractivity contribution in [1.29, 1.82) is 0 Å². The second-order valence-electron chi connectivity index (χ2n) is 14.3. The van der Waals surface area contributed by atoms with Crippen LogP contribution in [0.3, 0.4) is 0 Å². The average Bonchev–Trinajstić information content (AvgIpc) is 3.91. The molecule has 11 rings (SSSR count). The van der Waals surface area contributed by atoms with Crippen molar-refractivity contribution in [1.82, 2.24) is 14.1 Å². The van der Waals surface area contributed by atoms with Gasteiger partial charge in [0.2, 0.25) is 0 Å². The molecular weight excluding hydrogens is 667 g/mol. The Hall–Kier alpha value is -7.23. The number of fused-ring (bicyclic) bond motifs is 6. The van der Waals surface area contributed by atoms with E-state index >= 15 is 0 Å². The zero-order valence-electron chi connectivity index (χ0n) is 30.0. The zero-order valence-corrected chi connectivity index (χ0v) is 30.0. The first-order chi connectivity index (χ1) is 27.3. The van der Waals surface area contributed by atoms with Gasteiger partial charge in [-0.05, 0) is 70.3 Å². The van der Waals surface area contributed by atoms with Crippen molar-refractivity contribution in [2.75, 3.05) is 0 Å². The van der Waals surface area contributed by atoms with Crippen molar-refractivity contribution in [3.8, 4) is 45.1 Å². The Bertz CT molecular complexity index is 2930. The lowest BCUT2D eigenvalue weighted by Crippen LogP contribution is -2.31. The van der Waals surface area contributed by atoms with Crippen LogP contribution in [0.5, 0.6) is 0 Å². The van der Waals surface area contributed by atoms with Crippen LogP contribution < -0.4 is 0 Å². The molecule has 0 saturated heterocycles. The predicted molar refractivity (Wildman–Crippen MR) is 226 cm³/mol. The van der Waals surface area contributed by atoms with Crippen molar-refractivity contribution in [3.63, 3.8) is 0 Å². The van der Waals surface area contributed by atoms with Crippen molar-refractivity contribution in [2.24, 2.45) is 0 Å². The van der Waals surface area contributed by atoms with E-state index in [2.05, 4.69) is 221 Å². The fourth-order valence-corrected chi connectivity index (χ4v) is 9.11. The van der Waals surface area contributed by atoms with Gasteiger partial charge in [0.15, 0.2) is 0 Å². The first kappa shape index (κ1) is 31.3. The summed E-state index contributed by atoms with van der Waals surface area (Å²) in [5, 5.41) is 2.52. The second kappa shape index (κ2) is 12.4. The third-order valence-electron chi connectivity index (χ3n) is 11.4. The van der Waals surface area contributed by atoms with Crippen LogP contribution in [0.1, 0.15) is 22.4 Å². The Morgan fingerprint density at radius 2 is 0.891 bits per heavy atom. The summed E-state index contributed by atoms with van der Waals surface area (Å²) in [6.45, 7) is 0. The maximum absolute atomic E-state index is 5.65. The van der Waals surface area contributed by atoms with Gasteiger partial charge in [-0.25, -0.2) is 4.98 Å². The molecule has 55 heavy (non-hydrogen) atoms. The van der Waals surface area contributed by atoms with E-state index in [1.165, 1.54) is 38.5 Å². The van der Waals surface area contributed by atoms with E-state index < -0.39 is 5.41 Å². The van der Waals surface area contributed by atoms with Gasteiger partial charge in [0.05, 0.1) is 27.8 Å². The number of para-hydroxylation sites is 3. The van der Waals surface area contributed by atoms with Gasteiger partial charge in [-0.2, -0.15) is 0 Å². The fourth-order valence-electron chi connectivity index (χ4n) is 9.11. The minimum Gasteiger partial charge on any atom is -0.309 e. The molecule has 3 nitrogen and oxygen atoms in total. The highest BCUT2D eigenvalue weighted by molar-refractivity contribution is 6.09. The second-order valence-corrected chi connectivity index (χ2v) is 14.3. The normalized spacial score (nSPS) is 12.9. The smallest absolute Gasteiger partial charge is 0.145 e. The Kier molecular flexibility index (Phi) is 7.08. The van der Waals surface area contributed by atoms with Crippen LogP contribution in [-0.2, 0) is 5.41 Å². The van der Waals surface area contributed by atoms with Gasteiger partial charge in [0.1, 0.15) is 5.82 Å². The third-order valence-corrected chi connectivity index (χ3v) is 11.4. The molecule has 0 spiro atoms. The standard InChI is InChI=1S/C52H35N3/c1-4-21-39(22-5-1)52(40-23-6-2-7-24-40)46-31-13-10-30-45(46)49-50(52)55(41-25-8-3-9-26-41)51(53-49)38-20-16-18-36(34-38)37-19-17-27-42(35-37)54-47-32-14-11-28-43(47)44-29-12-15-33-48(44)54/h1-35H. The van der Waals surface area contributed by atoms with Gasteiger partial charge in [-0.3, -0.25) is 4.57 Å². The predicted octanol–water partition coefficient (Wildman–Crippen LogP) is 12.7. The van der Waals surface area contributed by atoms with E-state index in [4.69, 9.17) is 4.98 Å². The van der Waals surface area contributed by atoms with Crippen LogP contribution in [0.15, 0.2) is 212 Å². The van der Waals surface area contributed by atoms with Crippen LogP contribution in [0.2, 0.25) is 0 Å². The molecule has 0 aliphatic heterocycles. The van der Waals surface area contributed by atoms with Crippen molar-refractivity contribution in [3.05, 3.63) is 235 Å². The van der Waals surface area contributed by atoms with E-state index in [1.807, 2.05) is 0 Å². The first-order valence-corrected chi connectivity index (χ1v) is 18.9. The summed E-state index contributed by atoms with van der Waals surface area (Å²) in [5.41, 5.74) is 14.4. The summed E-state index contributed by atoms with van der Waals surface area (Å²) in [4.78, 5) is 5.65. The van der Waals surface area contributed by atoms with Crippen LogP contribution in [-0.4, -0.2) is 14.1 Å². The van der Waals surface area contributed by atoms with Crippen molar-refractivity contribution in [2.45, 2.75) is 5.41 Å². The molecule has 10 aromatic rings. The Balaban J connectivity index is 1.15. The SMILES string of the molecule is c1ccc(-n2c(-c3cccc(-c4cccc(-n5c6ccccc6c6ccccc65)c4)c3)nc3c2C(c2ccccc2)(c2ccccc2)c2ccccc2-3)cc1. The number of aromatic nitrogens is 3. The van der Waals surface area contributed by atoms with E-state index in [-0.39, 0.29) is 0 Å². The summed E-state index contributed by atoms with van der Waals surface area (Å²) in [5.74, 6) is 0.919. The zero-order chi connectivity index (χ0) is 36.3. The largest absolute Gasteiger partial charge is 0.309 e. The topological polar surface area (TPSA) is 22.8 Å². The van der Waals surface area contributed by atoms with Crippen LogP contribution >= 0.6 is 0 Å². The Morgan fingerprint density at radius 3 is 1.56 bits per heavy atom. The van der Waals surface area contributed by atoms with Gasteiger partial charge in [-0.15, -0.1) is 0 Å². The van der Waals surface area contributed by atoms with Gasteiger partial charge < -0.3 is 4.57 Å². The van der Waals surface area contributed by atoms with Gasteiger partial charge in [0.25, 0.3) is 0 Å². The highest BCUT2D eigenvalue weighted by Crippen LogP contribution is 2.57. The molecule has 0 saturated carbocycles. The molecule has 0 bridgehead atoms. The maximum Gasteiger partial charge on any atom is 0.145 e. The Labute approximate surface area is 320 Å². The number of rotatable bonds is 6. The number of hydrogen-bond donors (Lipinski definition) is 0. The highest BCUT2D eigenvalue weighted by Gasteiger charge is 2.50. The highest BCUT2D eigenvalue weighted by atomic mass is 15.1. The quantitative estimate of drug-likeness (QED) is 0.169. The number of benzene rings is 8. The van der Waals surface area contributed by atoms with Crippen molar-refractivity contribution >= 4 is 21.8 Å². The molecule has 0 unspecified atom stereocenters. The molecule has 258 valence electrons. The van der Waals surface area contributed by atoms with E-state index in [9.17, 15) is 0 Å². The molecule has 2 heterocycles. The first-order valence-electron chi connectivity index (χ1n) is 18.9. The van der Waals surface area contributed by atoms with Crippen LogP contribution in [0, 0.1) is 0 Å². The number of hydrogen-bond acceptors (Lipinski definition) is 1. The molecule has 0 N–H and O–H groups in total. The lowest BCUT2D eigenvalue weighted by molar-refractivity contribution is 0.714. The summed E-state index contributed by atoms with van der Waals surface area (Å²) in [6, 6.07) is 76.6. The molecular formula is C52H35N3. The van der Waals surface area contributed by atoms with Gasteiger partial charge >= 0.3 is 0 Å². The summed E-state index contributed by atoms with van der Waals surface area (Å²) >= 11 is 0. The molecule has 2 aromatic heterocycles. The van der Waals surface area contributed by atoms with E-state index in [0.717, 1.165) is 50.8 Å². The summed E-state index contributed by atoms with van der Waals surface area (Å²) in [7, 11) is 0. The molecule has 0 radical (unpaired) electrons. The average molecular weight is 702 g/mol. The molecule has 8 aromatic carbocycles. The van der Waals surface area contributed by atoms with E-state index in [0.29, 0.717) is 0 Å². The molecule has 0 atom stereocenters. The number of imidazole rings is 1. The summed E-state index contributed by atoms with van der Waals surface area (Å²) < 4.78 is 4.80. The van der Waals surface area contributed by atoms with Gasteiger partial charge in [0, 0.05) is 33.3 Å². The summed E-state index contributed by atoms with van der Waals surface area (Å²) in [6.07, 6.45) is 0. The monoisotopic (exact) mass is 701 g/mol. The molecule has 0 fully saturated rings. The van der Waals surface area contributed by atoms with Crippen LogP contribution in [0.25, 0.3) is 67.0 Å². The fraction of sp³-hybridized carbons (Fsp3) is 0.0192.